The largest absolute Gasteiger partial charge is 0.324 e. The van der Waals surface area contributed by atoms with Crippen molar-refractivity contribution in [3.8, 4) is 0 Å². The number of nitrogens with two attached hydrogens (primary N) is 1. The van der Waals surface area contributed by atoms with Crippen LogP contribution in [0.1, 0.15) is 50.2 Å². The predicted molar refractivity (Wildman–Crippen MR) is 73.2 cm³/mol. The van der Waals surface area contributed by atoms with Gasteiger partial charge in [-0.2, -0.15) is 0 Å². The Hall–Kier alpha value is -0.900. The fraction of sp³-hybridized carbons (Fsp3) is 0.867. The Morgan fingerprint density at radius 2 is 1.58 bits per heavy atom. The summed E-state index contributed by atoms with van der Waals surface area (Å²) in [7, 11) is 2.07. The van der Waals surface area contributed by atoms with Crippen LogP contribution in [0.3, 0.4) is 0 Å². The van der Waals surface area contributed by atoms with E-state index in [4.69, 9.17) is 5.73 Å². The van der Waals surface area contributed by atoms with Crippen LogP contribution in [0.2, 0.25) is 0 Å². The summed E-state index contributed by atoms with van der Waals surface area (Å²) in [4.78, 5) is 0. The van der Waals surface area contributed by atoms with E-state index in [-0.39, 0.29) is 0 Å². The van der Waals surface area contributed by atoms with E-state index in [2.05, 4.69) is 21.8 Å². The molecule has 1 aromatic heterocycles. The van der Waals surface area contributed by atoms with Crippen molar-refractivity contribution < 1.29 is 0 Å². The fourth-order valence-electron chi connectivity index (χ4n) is 5.57. The van der Waals surface area contributed by atoms with Crippen LogP contribution in [0.25, 0.3) is 0 Å². The summed E-state index contributed by atoms with van der Waals surface area (Å²) >= 11 is 0. The summed E-state index contributed by atoms with van der Waals surface area (Å²) in [6.45, 7) is 0.490. The van der Waals surface area contributed by atoms with Crippen molar-refractivity contribution in [1.29, 1.82) is 0 Å². The van der Waals surface area contributed by atoms with Gasteiger partial charge in [-0.1, -0.05) is 0 Å². The summed E-state index contributed by atoms with van der Waals surface area (Å²) in [5, 5.41) is 8.62. The zero-order valence-electron chi connectivity index (χ0n) is 11.8. The number of nitrogens with zero attached hydrogens (tertiary/aromatic N) is 3. The maximum absolute atomic E-state index is 5.70. The highest BCUT2D eigenvalue weighted by Gasteiger charge is 2.51. The minimum Gasteiger partial charge on any atom is -0.324 e. The van der Waals surface area contributed by atoms with E-state index in [0.717, 1.165) is 35.8 Å². The second-order valence-corrected chi connectivity index (χ2v) is 7.39. The average Bonchev–Trinajstić information content (AvgIpc) is 2.68. The fourth-order valence-corrected chi connectivity index (χ4v) is 5.57. The van der Waals surface area contributed by atoms with Crippen molar-refractivity contribution in [2.75, 3.05) is 0 Å². The third-order valence-corrected chi connectivity index (χ3v) is 5.94. The molecule has 104 valence electrons. The van der Waals surface area contributed by atoms with Crippen LogP contribution in [0.4, 0.5) is 0 Å². The second kappa shape index (κ2) is 4.05. The molecule has 0 aliphatic heterocycles. The summed E-state index contributed by atoms with van der Waals surface area (Å²) in [5.41, 5.74) is 6.24. The van der Waals surface area contributed by atoms with Gasteiger partial charge in [-0.3, -0.25) is 0 Å². The van der Waals surface area contributed by atoms with E-state index in [0.29, 0.717) is 12.0 Å². The molecule has 1 aromatic rings. The Morgan fingerprint density at radius 3 is 2.05 bits per heavy atom. The smallest absolute Gasteiger partial charge is 0.146 e. The first kappa shape index (κ1) is 11.9. The van der Waals surface area contributed by atoms with Gasteiger partial charge in [0, 0.05) is 13.5 Å². The molecule has 4 aliphatic carbocycles. The normalized spacial score (nSPS) is 40.0. The zero-order valence-corrected chi connectivity index (χ0v) is 11.8. The van der Waals surface area contributed by atoms with Gasteiger partial charge in [-0.25, -0.2) is 0 Å². The molecule has 4 saturated carbocycles. The quantitative estimate of drug-likeness (QED) is 0.904. The molecule has 1 heterocycles. The number of rotatable bonds is 3. The number of hydrogen-bond acceptors (Lipinski definition) is 3. The second-order valence-electron chi connectivity index (χ2n) is 7.39. The number of hydrogen-bond donors (Lipinski definition) is 1. The van der Waals surface area contributed by atoms with E-state index < -0.39 is 0 Å². The van der Waals surface area contributed by atoms with Crippen molar-refractivity contribution in [3.63, 3.8) is 0 Å². The monoisotopic (exact) mass is 260 g/mol. The van der Waals surface area contributed by atoms with E-state index >= 15 is 0 Å². The Morgan fingerprint density at radius 1 is 1.05 bits per heavy atom. The minimum atomic E-state index is 0.490. The molecule has 4 fully saturated rings. The molecule has 0 amide bonds. The van der Waals surface area contributed by atoms with Gasteiger partial charge >= 0.3 is 0 Å². The molecule has 4 bridgehead atoms. The number of aromatic nitrogens is 3. The lowest BCUT2D eigenvalue weighted by Crippen LogP contribution is -2.47. The lowest BCUT2D eigenvalue weighted by atomic mass is 9.49. The zero-order chi connectivity index (χ0) is 13.0. The van der Waals surface area contributed by atoms with Crippen LogP contribution in [-0.4, -0.2) is 14.8 Å². The molecule has 4 heteroatoms. The SMILES string of the molecule is Cn1c(CN)nnc1CC12CC3CC(CC(C3)C1)C2. The first-order valence-electron chi connectivity index (χ1n) is 7.75. The molecule has 2 N–H and O–H groups in total. The summed E-state index contributed by atoms with van der Waals surface area (Å²) in [6.07, 6.45) is 9.95. The summed E-state index contributed by atoms with van der Waals surface area (Å²) in [6, 6.07) is 0. The molecule has 0 unspecified atom stereocenters. The Bertz CT molecular complexity index is 455. The average molecular weight is 260 g/mol. The minimum absolute atomic E-state index is 0.490. The van der Waals surface area contributed by atoms with Crippen LogP contribution in [0, 0.1) is 23.2 Å². The molecule has 0 atom stereocenters. The standard InChI is InChI=1S/C15H24N4/c1-19-13(17-18-14(19)9-16)8-15-5-10-2-11(6-15)4-12(3-10)7-15/h10-12H,2-9,16H2,1H3. The van der Waals surface area contributed by atoms with E-state index in [9.17, 15) is 0 Å². The van der Waals surface area contributed by atoms with Crippen molar-refractivity contribution in [3.05, 3.63) is 11.6 Å². The van der Waals surface area contributed by atoms with Gasteiger partial charge in [0.05, 0.1) is 6.54 Å². The van der Waals surface area contributed by atoms with Crippen molar-refractivity contribution in [2.45, 2.75) is 51.5 Å². The topological polar surface area (TPSA) is 56.7 Å². The van der Waals surface area contributed by atoms with Crippen LogP contribution in [0.15, 0.2) is 0 Å². The molecule has 0 saturated heterocycles. The van der Waals surface area contributed by atoms with Crippen LogP contribution in [-0.2, 0) is 20.0 Å². The van der Waals surface area contributed by atoms with Gasteiger partial charge in [0.2, 0.25) is 0 Å². The van der Waals surface area contributed by atoms with Crippen molar-refractivity contribution >= 4 is 0 Å². The van der Waals surface area contributed by atoms with Crippen LogP contribution >= 0.6 is 0 Å². The van der Waals surface area contributed by atoms with Gasteiger partial charge in [0.25, 0.3) is 0 Å². The maximum Gasteiger partial charge on any atom is 0.146 e. The third-order valence-electron chi connectivity index (χ3n) is 5.94. The molecule has 19 heavy (non-hydrogen) atoms. The highest BCUT2D eigenvalue weighted by atomic mass is 15.3. The third kappa shape index (κ3) is 1.83. The Balaban J connectivity index is 1.60. The summed E-state index contributed by atoms with van der Waals surface area (Å²) < 4.78 is 2.12. The van der Waals surface area contributed by atoms with Crippen LogP contribution < -0.4 is 5.73 Å². The van der Waals surface area contributed by atoms with Crippen molar-refractivity contribution in [1.82, 2.24) is 14.8 Å². The first-order chi connectivity index (χ1) is 9.17. The molecule has 4 aliphatic rings. The Labute approximate surface area is 114 Å². The van der Waals surface area contributed by atoms with E-state index in [1.165, 1.54) is 38.5 Å². The molecule has 0 spiro atoms. The van der Waals surface area contributed by atoms with Gasteiger partial charge in [-0.05, 0) is 61.7 Å². The van der Waals surface area contributed by atoms with E-state index in [1.54, 1.807) is 0 Å². The van der Waals surface area contributed by atoms with Crippen molar-refractivity contribution in [2.24, 2.45) is 36.0 Å². The predicted octanol–water partition coefficient (Wildman–Crippen LogP) is 2.03. The van der Waals surface area contributed by atoms with Gasteiger partial charge < -0.3 is 10.3 Å². The highest BCUT2D eigenvalue weighted by molar-refractivity contribution is 5.07. The van der Waals surface area contributed by atoms with E-state index in [1.807, 2.05) is 0 Å². The molecular weight excluding hydrogens is 236 g/mol. The highest BCUT2D eigenvalue weighted by Crippen LogP contribution is 2.60. The Kier molecular flexibility index (Phi) is 2.53. The van der Waals surface area contributed by atoms with Gasteiger partial charge in [0.15, 0.2) is 0 Å². The molecule has 0 aromatic carbocycles. The molecular formula is C15H24N4. The molecule has 5 rings (SSSR count). The van der Waals surface area contributed by atoms with Gasteiger partial charge in [0.1, 0.15) is 11.6 Å². The lowest BCUT2D eigenvalue weighted by molar-refractivity contribution is -0.0535. The first-order valence-corrected chi connectivity index (χ1v) is 7.75. The van der Waals surface area contributed by atoms with Gasteiger partial charge in [-0.15, -0.1) is 10.2 Å². The molecule has 4 nitrogen and oxygen atoms in total. The van der Waals surface area contributed by atoms with Crippen LogP contribution in [0.5, 0.6) is 0 Å². The maximum atomic E-state index is 5.70. The molecule has 0 radical (unpaired) electrons. The lowest BCUT2D eigenvalue weighted by Gasteiger charge is -2.56. The summed E-state index contributed by atoms with van der Waals surface area (Å²) in [5.74, 6) is 5.09.